The van der Waals surface area contributed by atoms with Crippen LogP contribution >= 0.6 is 0 Å². The highest BCUT2D eigenvalue weighted by atomic mass is 19.4. The van der Waals surface area contributed by atoms with Gasteiger partial charge in [-0.3, -0.25) is 0 Å². The number of benzene rings is 3. The molecule has 0 atom stereocenters. The van der Waals surface area contributed by atoms with E-state index < -0.39 is 41.8 Å². The van der Waals surface area contributed by atoms with Gasteiger partial charge in [-0.05, 0) is 53.8 Å². The van der Waals surface area contributed by atoms with E-state index in [9.17, 15) is 35.9 Å². The Morgan fingerprint density at radius 2 is 1.27 bits per heavy atom. The molecular formula is C27H22F6N2O5. The summed E-state index contributed by atoms with van der Waals surface area (Å²) >= 11 is 0. The fourth-order valence-corrected chi connectivity index (χ4v) is 4.10. The molecule has 0 unspecified atom stereocenters. The van der Waals surface area contributed by atoms with Crippen molar-refractivity contribution in [3.8, 4) is 11.5 Å². The molecule has 0 aliphatic heterocycles. The molecule has 1 saturated carbocycles. The average Bonchev–Trinajstić information content (AvgIpc) is 3.72. The number of rotatable bonds is 8. The van der Waals surface area contributed by atoms with Crippen LogP contribution in [0.5, 0.6) is 11.5 Å². The Hall–Kier alpha value is -4.42. The third-order valence-electron chi connectivity index (χ3n) is 5.91. The van der Waals surface area contributed by atoms with Crippen LogP contribution in [0.2, 0.25) is 0 Å². The normalized spacial score (nSPS) is 13.8. The molecule has 0 radical (unpaired) electrons. The molecule has 1 aliphatic carbocycles. The molecule has 1 aliphatic rings. The van der Waals surface area contributed by atoms with Gasteiger partial charge in [0.05, 0.1) is 11.5 Å². The molecule has 3 aromatic carbocycles. The third-order valence-corrected chi connectivity index (χ3v) is 5.91. The Morgan fingerprint density at radius 1 is 0.750 bits per heavy atom. The number of ether oxygens (including phenoxy) is 2. The maximum atomic E-state index is 13.0. The zero-order valence-electron chi connectivity index (χ0n) is 20.5. The van der Waals surface area contributed by atoms with E-state index in [2.05, 4.69) is 14.8 Å². The summed E-state index contributed by atoms with van der Waals surface area (Å²) in [5.74, 6) is -2.30. The predicted molar refractivity (Wildman–Crippen MR) is 128 cm³/mol. The topological polar surface area (TPSA) is 85.9 Å². The van der Waals surface area contributed by atoms with E-state index in [-0.39, 0.29) is 23.5 Å². The van der Waals surface area contributed by atoms with Crippen molar-refractivity contribution in [1.29, 1.82) is 0 Å². The van der Waals surface area contributed by atoms with Crippen LogP contribution in [0, 0.1) is 5.92 Å². The van der Waals surface area contributed by atoms with Crippen molar-refractivity contribution >= 4 is 12.0 Å². The standard InChI is InChI=1S/C27H22F6N2O5/c28-26(29,30)38-21-10-4-8-19(14-21)25(16-17-6-2-1-3-7-17,34-24(37)35-40-23(36)18-12-13-18)20-9-5-11-22(15-20)39-27(31,32)33/h1-11,14-15,18H,12-13,16H2,(H2,34,35,37). The van der Waals surface area contributed by atoms with Crippen LogP contribution in [0.4, 0.5) is 31.1 Å². The number of amides is 2. The molecule has 212 valence electrons. The predicted octanol–water partition coefficient (Wildman–Crippen LogP) is 6.14. The van der Waals surface area contributed by atoms with Crippen LogP contribution in [-0.2, 0) is 21.6 Å². The average molecular weight is 568 g/mol. The van der Waals surface area contributed by atoms with Gasteiger partial charge in [-0.25, -0.2) is 9.59 Å². The fourth-order valence-electron chi connectivity index (χ4n) is 4.10. The first kappa shape index (κ1) is 28.6. The van der Waals surface area contributed by atoms with Crippen LogP contribution in [0.3, 0.4) is 0 Å². The van der Waals surface area contributed by atoms with E-state index >= 15 is 0 Å². The summed E-state index contributed by atoms with van der Waals surface area (Å²) in [6.45, 7) is 0. The van der Waals surface area contributed by atoms with Gasteiger partial charge in [0.2, 0.25) is 0 Å². The fraction of sp³-hybridized carbons (Fsp3) is 0.259. The minimum absolute atomic E-state index is 0.0194. The number of hydrogen-bond acceptors (Lipinski definition) is 5. The molecule has 3 aromatic rings. The van der Waals surface area contributed by atoms with Gasteiger partial charge in [0, 0.05) is 6.42 Å². The first-order chi connectivity index (χ1) is 18.8. The van der Waals surface area contributed by atoms with E-state index in [4.69, 9.17) is 4.84 Å². The minimum Gasteiger partial charge on any atom is -0.406 e. The van der Waals surface area contributed by atoms with Crippen molar-refractivity contribution < 1.29 is 50.2 Å². The number of carbonyl (C=O) groups is 2. The lowest BCUT2D eigenvalue weighted by Gasteiger charge is -2.36. The molecule has 0 bridgehead atoms. The first-order valence-corrected chi connectivity index (χ1v) is 11.9. The van der Waals surface area contributed by atoms with Gasteiger partial charge in [-0.1, -0.05) is 54.6 Å². The molecule has 7 nitrogen and oxygen atoms in total. The summed E-state index contributed by atoms with van der Waals surface area (Å²) in [5, 5.41) is 2.61. The van der Waals surface area contributed by atoms with Gasteiger partial charge in [-0.2, -0.15) is 5.48 Å². The van der Waals surface area contributed by atoms with E-state index in [1.54, 1.807) is 30.3 Å². The van der Waals surface area contributed by atoms with Crippen LogP contribution in [0.1, 0.15) is 29.5 Å². The van der Waals surface area contributed by atoms with Crippen LogP contribution < -0.4 is 20.3 Å². The second-order valence-corrected chi connectivity index (χ2v) is 8.97. The van der Waals surface area contributed by atoms with Crippen LogP contribution in [0.25, 0.3) is 0 Å². The van der Waals surface area contributed by atoms with Crippen molar-refractivity contribution in [3.05, 3.63) is 95.6 Å². The van der Waals surface area contributed by atoms with Crippen molar-refractivity contribution in [3.63, 3.8) is 0 Å². The Kier molecular flexibility index (Phi) is 8.12. The minimum atomic E-state index is -5.04. The van der Waals surface area contributed by atoms with E-state index in [1.165, 1.54) is 24.3 Å². The molecule has 2 amide bonds. The Morgan fingerprint density at radius 3 is 1.75 bits per heavy atom. The largest absolute Gasteiger partial charge is 0.573 e. The molecule has 4 rings (SSSR count). The lowest BCUT2D eigenvalue weighted by Crippen LogP contribution is -2.52. The lowest BCUT2D eigenvalue weighted by molar-refractivity contribution is -0.275. The molecule has 1 fully saturated rings. The van der Waals surface area contributed by atoms with E-state index in [0.29, 0.717) is 18.4 Å². The summed E-state index contributed by atoms with van der Waals surface area (Å²) < 4.78 is 86.3. The monoisotopic (exact) mass is 568 g/mol. The molecule has 40 heavy (non-hydrogen) atoms. The summed E-state index contributed by atoms with van der Waals surface area (Å²) in [7, 11) is 0. The maximum absolute atomic E-state index is 13.0. The molecule has 2 N–H and O–H groups in total. The van der Waals surface area contributed by atoms with E-state index in [1.807, 2.05) is 5.48 Å². The number of hydrogen-bond donors (Lipinski definition) is 2. The molecular weight excluding hydrogens is 546 g/mol. The molecule has 0 heterocycles. The smallest absolute Gasteiger partial charge is 0.406 e. The van der Waals surface area contributed by atoms with Gasteiger partial charge in [0.15, 0.2) is 0 Å². The van der Waals surface area contributed by atoms with Gasteiger partial charge in [-0.15, -0.1) is 26.3 Å². The Labute approximate surface area is 224 Å². The number of halogens is 6. The van der Waals surface area contributed by atoms with Crippen molar-refractivity contribution in [1.82, 2.24) is 10.8 Å². The van der Waals surface area contributed by atoms with Crippen molar-refractivity contribution in [2.24, 2.45) is 5.92 Å². The zero-order valence-corrected chi connectivity index (χ0v) is 20.5. The number of hydroxylamine groups is 1. The number of urea groups is 1. The summed E-state index contributed by atoms with van der Waals surface area (Å²) in [4.78, 5) is 29.8. The summed E-state index contributed by atoms with van der Waals surface area (Å²) in [6.07, 6.45) is -9.04. The molecule has 0 aromatic heterocycles. The van der Waals surface area contributed by atoms with Gasteiger partial charge < -0.3 is 19.6 Å². The second-order valence-electron chi connectivity index (χ2n) is 8.97. The quantitative estimate of drug-likeness (QED) is 0.252. The molecule has 0 saturated heterocycles. The highest BCUT2D eigenvalue weighted by Crippen LogP contribution is 2.38. The molecule has 0 spiro atoms. The summed E-state index contributed by atoms with van der Waals surface area (Å²) in [5.41, 5.74) is 0.752. The molecule has 13 heteroatoms. The highest BCUT2D eigenvalue weighted by molar-refractivity contribution is 5.80. The van der Waals surface area contributed by atoms with Gasteiger partial charge in [0.25, 0.3) is 0 Å². The highest BCUT2D eigenvalue weighted by Gasteiger charge is 2.40. The third kappa shape index (κ3) is 7.80. The Balaban J connectivity index is 1.83. The maximum Gasteiger partial charge on any atom is 0.573 e. The van der Waals surface area contributed by atoms with Crippen molar-refractivity contribution in [2.75, 3.05) is 0 Å². The number of carbonyl (C=O) groups excluding carboxylic acids is 2. The number of alkyl halides is 6. The zero-order chi connectivity index (χ0) is 29.0. The van der Waals surface area contributed by atoms with Gasteiger partial charge >= 0.3 is 24.7 Å². The lowest BCUT2D eigenvalue weighted by atomic mass is 9.77. The van der Waals surface area contributed by atoms with Crippen LogP contribution in [-0.4, -0.2) is 24.7 Å². The van der Waals surface area contributed by atoms with Crippen LogP contribution in [0.15, 0.2) is 78.9 Å². The van der Waals surface area contributed by atoms with Crippen molar-refractivity contribution in [2.45, 2.75) is 37.5 Å². The second kappa shape index (κ2) is 11.4. The van der Waals surface area contributed by atoms with E-state index in [0.717, 1.165) is 24.3 Å². The summed E-state index contributed by atoms with van der Waals surface area (Å²) in [6, 6.07) is 16.6. The Bertz CT molecular complexity index is 1280. The van der Waals surface area contributed by atoms with Gasteiger partial charge in [0.1, 0.15) is 11.5 Å². The number of nitrogens with one attached hydrogen (secondary N) is 2. The SMILES string of the molecule is O=C(NOC(=O)C1CC1)NC(Cc1ccccc1)(c1cccc(OC(F)(F)F)c1)c1cccc(OC(F)(F)F)c1. The first-order valence-electron chi connectivity index (χ1n) is 11.9.